The summed E-state index contributed by atoms with van der Waals surface area (Å²) in [6.45, 7) is 0.330. The maximum atomic E-state index is 13.4. The quantitative estimate of drug-likeness (QED) is 0.122. The van der Waals surface area contributed by atoms with Crippen molar-refractivity contribution >= 4 is 29.0 Å². The van der Waals surface area contributed by atoms with Crippen LogP contribution in [0.1, 0.15) is 55.7 Å². The van der Waals surface area contributed by atoms with E-state index in [1.807, 2.05) is 12.1 Å². The molecule has 0 unspecified atom stereocenters. The number of aromatic amines is 1. The number of nitrogens with two attached hydrogens (primary N) is 1. The smallest absolute Gasteiger partial charge is 0.439 e. The molecule has 236 valence electrons. The first-order valence-corrected chi connectivity index (χ1v) is 14.4. The number of H-pyrrole nitrogens is 1. The van der Waals surface area contributed by atoms with Gasteiger partial charge in [-0.3, -0.25) is 28.7 Å². The number of aromatic nitrogens is 5. The Morgan fingerprint density at radius 2 is 1.85 bits per heavy atom. The second-order valence-electron chi connectivity index (χ2n) is 11.0. The van der Waals surface area contributed by atoms with Crippen LogP contribution < -0.4 is 38.3 Å². The average molecular weight is 636 g/mol. The van der Waals surface area contributed by atoms with E-state index in [-0.39, 0.29) is 53.6 Å². The molecule has 1 aliphatic rings. The number of aryl methyl sites for hydroxylation is 1. The molecule has 47 heavy (non-hydrogen) atoms. The van der Waals surface area contributed by atoms with Crippen molar-refractivity contribution in [2.75, 3.05) is 11.1 Å². The van der Waals surface area contributed by atoms with Crippen LogP contribution in [0.3, 0.4) is 0 Å². The molecule has 3 heterocycles. The Bertz CT molecular complexity index is 2350. The maximum Gasteiger partial charge on any atom is 0.439 e. The van der Waals surface area contributed by atoms with Gasteiger partial charge >= 0.3 is 5.76 Å². The number of benzene rings is 2. The summed E-state index contributed by atoms with van der Waals surface area (Å²) in [5.41, 5.74) is 8.14. The third-order valence-electron chi connectivity index (χ3n) is 8.03. The van der Waals surface area contributed by atoms with Crippen LogP contribution in [0.5, 0.6) is 5.88 Å². The summed E-state index contributed by atoms with van der Waals surface area (Å²) in [7, 11) is 0. The Kier molecular flexibility index (Phi) is 7.07. The normalized spacial score (nSPS) is 13.9. The summed E-state index contributed by atoms with van der Waals surface area (Å²) in [6.07, 6.45) is 2.42. The first kappa shape index (κ1) is 29.1. The summed E-state index contributed by atoms with van der Waals surface area (Å²) in [5, 5.41) is 22.7. The second-order valence-corrected chi connectivity index (χ2v) is 11.0. The number of hydrogen-bond donors (Lipinski definition) is 6. The molecule has 0 saturated heterocycles. The van der Waals surface area contributed by atoms with E-state index in [0.717, 1.165) is 32.9 Å². The highest BCUT2D eigenvalue weighted by Crippen LogP contribution is 2.33. The van der Waals surface area contributed by atoms with E-state index in [1.165, 1.54) is 6.07 Å². The van der Waals surface area contributed by atoms with Gasteiger partial charge in [0.15, 0.2) is 5.82 Å². The Labute approximate surface area is 263 Å². The fraction of sp³-hybridized carbons (Fsp3) is 0.161. The number of fused-ring (bicyclic) bond motifs is 2. The van der Waals surface area contributed by atoms with Crippen molar-refractivity contribution in [3.63, 3.8) is 0 Å². The van der Waals surface area contributed by atoms with Crippen LogP contribution in [0.15, 0.2) is 73.6 Å². The van der Waals surface area contributed by atoms with Crippen LogP contribution in [0.25, 0.3) is 17.2 Å². The monoisotopic (exact) mass is 635 g/mol. The molecule has 16 heteroatoms. The fourth-order valence-corrected chi connectivity index (χ4v) is 5.66. The van der Waals surface area contributed by atoms with Gasteiger partial charge in [0.05, 0.1) is 12.2 Å². The van der Waals surface area contributed by atoms with E-state index >= 15 is 0 Å². The highest BCUT2D eigenvalue weighted by Gasteiger charge is 2.27. The van der Waals surface area contributed by atoms with E-state index < -0.39 is 28.4 Å². The van der Waals surface area contributed by atoms with Crippen molar-refractivity contribution in [3.05, 3.63) is 119 Å². The van der Waals surface area contributed by atoms with Gasteiger partial charge in [0.1, 0.15) is 22.8 Å². The van der Waals surface area contributed by atoms with Crippen LogP contribution in [0.2, 0.25) is 0 Å². The zero-order chi connectivity index (χ0) is 32.8. The topological polar surface area (TPSA) is 240 Å². The Hall–Kier alpha value is -6.58. The van der Waals surface area contributed by atoms with Crippen LogP contribution in [-0.2, 0) is 19.5 Å². The minimum atomic E-state index is -0.707. The summed E-state index contributed by atoms with van der Waals surface area (Å²) < 4.78 is 5.73. The summed E-state index contributed by atoms with van der Waals surface area (Å²) in [6, 6.07) is 13.6. The van der Waals surface area contributed by atoms with Gasteiger partial charge in [-0.05, 0) is 47.2 Å². The number of amides is 2. The lowest BCUT2D eigenvalue weighted by Gasteiger charge is -2.15. The molecule has 7 N–H and O–H groups in total. The highest BCUT2D eigenvalue weighted by molar-refractivity contribution is 5.98. The van der Waals surface area contributed by atoms with Crippen molar-refractivity contribution in [2.24, 2.45) is 0 Å². The number of carbonyl (C=O) groups excluding carboxylic acids is 2. The standard InChI is InChI=1S/C31H25N9O7/c32-23-24(26(43)25(23)42)33-11-14-2-1-3-15(8-14)12-34-29(45)21-10-20(37-30-35-13-22(41)40(21)30)28(44)36-19-7-5-16-9-17(4-6-18(16)19)27-38-31(46)47-39-27/h1-4,6,8-10,13,19,33,41H,5,7,11-12,32H2,(H,34,45)(H,36,44)(H,38,39,46)/t19-/m0/s1. The number of nitrogen functional groups attached to an aromatic ring is 1. The van der Waals surface area contributed by atoms with Crippen molar-refractivity contribution in [2.45, 2.75) is 32.0 Å². The molecule has 7 rings (SSSR count). The van der Waals surface area contributed by atoms with Crippen molar-refractivity contribution in [3.8, 4) is 17.3 Å². The molecule has 0 radical (unpaired) electrons. The zero-order valence-electron chi connectivity index (χ0n) is 24.4. The molecule has 0 saturated carbocycles. The lowest BCUT2D eigenvalue weighted by molar-refractivity contribution is 0.0931. The van der Waals surface area contributed by atoms with Crippen LogP contribution in [0, 0.1) is 0 Å². The van der Waals surface area contributed by atoms with Gasteiger partial charge in [-0.2, -0.15) is 0 Å². The van der Waals surface area contributed by atoms with Gasteiger partial charge in [0.2, 0.25) is 11.7 Å². The van der Waals surface area contributed by atoms with Gasteiger partial charge in [0, 0.05) is 18.7 Å². The third-order valence-corrected chi connectivity index (χ3v) is 8.03. The molecular formula is C31H25N9O7. The lowest BCUT2D eigenvalue weighted by atomic mass is 10.0. The summed E-state index contributed by atoms with van der Waals surface area (Å²) >= 11 is 0. The second kappa shape index (κ2) is 11.4. The SMILES string of the molecule is Nc1c(NCc2cccc(CNC(=O)c3cc(C(=O)N[C@H]4CCc5cc(-c6noc(=O)[nH]6)ccc54)nc4ncc(O)n34)c2)c(=O)c1=O. The first-order valence-electron chi connectivity index (χ1n) is 14.4. The molecular weight excluding hydrogens is 610 g/mol. The van der Waals surface area contributed by atoms with Gasteiger partial charge in [-0.1, -0.05) is 41.6 Å². The highest BCUT2D eigenvalue weighted by atomic mass is 16.5. The van der Waals surface area contributed by atoms with E-state index in [4.69, 9.17) is 5.73 Å². The van der Waals surface area contributed by atoms with E-state index in [2.05, 4.69) is 40.6 Å². The lowest BCUT2D eigenvalue weighted by Crippen LogP contribution is -2.36. The predicted molar refractivity (Wildman–Crippen MR) is 166 cm³/mol. The molecule has 1 aliphatic carbocycles. The van der Waals surface area contributed by atoms with Crippen molar-refractivity contribution in [1.29, 1.82) is 0 Å². The molecule has 3 aromatic carbocycles. The molecule has 0 aliphatic heterocycles. The molecule has 0 fully saturated rings. The van der Waals surface area contributed by atoms with E-state index in [9.17, 15) is 29.1 Å². The average Bonchev–Trinajstić information content (AvgIpc) is 3.81. The zero-order valence-corrected chi connectivity index (χ0v) is 24.4. The molecule has 1 atom stereocenters. The van der Waals surface area contributed by atoms with Gasteiger partial charge < -0.3 is 26.8 Å². The number of nitrogens with one attached hydrogen (secondary N) is 4. The van der Waals surface area contributed by atoms with Crippen LogP contribution in [0.4, 0.5) is 11.4 Å². The number of nitrogens with zero attached hydrogens (tertiary/aromatic N) is 4. The summed E-state index contributed by atoms with van der Waals surface area (Å²) in [4.78, 5) is 72.0. The molecule has 2 amide bonds. The van der Waals surface area contributed by atoms with Crippen molar-refractivity contribution < 1.29 is 19.2 Å². The van der Waals surface area contributed by atoms with Crippen LogP contribution >= 0.6 is 0 Å². The van der Waals surface area contributed by atoms with Gasteiger partial charge in [-0.25, -0.2) is 19.2 Å². The van der Waals surface area contributed by atoms with Crippen LogP contribution in [-0.4, -0.2) is 41.4 Å². The molecule has 0 bridgehead atoms. The summed E-state index contributed by atoms with van der Waals surface area (Å²) in [5.74, 6) is -1.84. The number of rotatable bonds is 9. The predicted octanol–water partition coefficient (Wildman–Crippen LogP) is 0.916. The number of imidazole rings is 1. The van der Waals surface area contributed by atoms with Gasteiger partial charge in [0.25, 0.3) is 22.7 Å². The van der Waals surface area contributed by atoms with E-state index in [0.29, 0.717) is 24.2 Å². The largest absolute Gasteiger partial charge is 0.493 e. The molecule has 6 aromatic rings. The first-order chi connectivity index (χ1) is 22.7. The number of anilines is 2. The minimum Gasteiger partial charge on any atom is -0.493 e. The van der Waals surface area contributed by atoms with E-state index in [1.54, 1.807) is 30.3 Å². The number of carbonyl (C=O) groups is 2. The molecule has 3 aromatic heterocycles. The Balaban J connectivity index is 1.06. The third kappa shape index (κ3) is 5.37. The van der Waals surface area contributed by atoms with Crippen molar-refractivity contribution in [1.82, 2.24) is 35.1 Å². The number of hydrogen-bond acceptors (Lipinski definition) is 12. The fourth-order valence-electron chi connectivity index (χ4n) is 5.66. The Morgan fingerprint density at radius 1 is 1.04 bits per heavy atom. The Morgan fingerprint density at radius 3 is 2.62 bits per heavy atom. The number of aromatic hydroxyl groups is 1. The maximum absolute atomic E-state index is 13.4. The molecule has 0 spiro atoms. The minimum absolute atomic E-state index is 0.0379. The van der Waals surface area contributed by atoms with Gasteiger partial charge in [-0.15, -0.1) is 0 Å². The molecule has 16 nitrogen and oxygen atoms in total.